The van der Waals surface area contributed by atoms with Crippen LogP contribution in [0.3, 0.4) is 0 Å². The van der Waals surface area contributed by atoms with Gasteiger partial charge in [0.2, 0.25) is 0 Å². The Kier molecular flexibility index (Phi) is 4.74. The third-order valence-corrected chi connectivity index (χ3v) is 5.94. The normalized spacial score (nSPS) is 19.5. The van der Waals surface area contributed by atoms with Crippen LogP contribution in [0.2, 0.25) is 0 Å². The Morgan fingerprint density at radius 3 is 1.52 bits per heavy atom. The van der Waals surface area contributed by atoms with Crippen molar-refractivity contribution in [1.82, 2.24) is 0 Å². The Hall–Kier alpha value is -3.08. The highest BCUT2D eigenvalue weighted by atomic mass is 16.6. The summed E-state index contributed by atoms with van der Waals surface area (Å²) in [4.78, 5) is 0. The third kappa shape index (κ3) is 3.97. The zero-order valence-corrected chi connectivity index (χ0v) is 17.3. The Morgan fingerprint density at radius 1 is 0.613 bits per heavy atom. The van der Waals surface area contributed by atoms with Crippen molar-refractivity contribution >= 4 is 21.5 Å². The van der Waals surface area contributed by atoms with Crippen LogP contribution >= 0.6 is 0 Å². The second kappa shape index (κ2) is 7.88. The van der Waals surface area contributed by atoms with Gasteiger partial charge in [0.25, 0.3) is 0 Å². The van der Waals surface area contributed by atoms with Crippen LogP contribution in [-0.4, -0.2) is 38.6 Å². The van der Waals surface area contributed by atoms with E-state index >= 15 is 0 Å². The van der Waals surface area contributed by atoms with Gasteiger partial charge in [-0.1, -0.05) is 72.8 Å². The predicted molar refractivity (Wildman–Crippen MR) is 121 cm³/mol. The van der Waals surface area contributed by atoms with Gasteiger partial charge in [-0.05, 0) is 21.9 Å². The van der Waals surface area contributed by atoms with Crippen LogP contribution in [0, 0.1) is 0 Å². The minimum atomic E-state index is 0.213. The lowest BCUT2D eigenvalue weighted by molar-refractivity contribution is 0.261. The molecule has 0 saturated carbocycles. The lowest BCUT2D eigenvalue weighted by Crippen LogP contribution is -2.08. The van der Waals surface area contributed by atoms with Crippen molar-refractivity contribution in [2.24, 2.45) is 0 Å². The summed E-state index contributed by atoms with van der Waals surface area (Å²) in [5, 5.41) is 4.63. The molecule has 4 aromatic carbocycles. The summed E-state index contributed by atoms with van der Waals surface area (Å²) in [6, 6.07) is 25.4. The molecule has 6 rings (SSSR count). The molecule has 0 aromatic heterocycles. The van der Waals surface area contributed by atoms with Crippen molar-refractivity contribution in [3.8, 4) is 11.5 Å². The standard InChI is InChI=1S/C27H24O4/c1-3-7-24-18(5-1)9-11-20(26(24)30-16-22-14-28-22)13-21-12-10-19-6-2-4-8-25(19)27(21)31-17-23-15-29-23/h1-12,22-23H,13-17H2/t22-,23+. The molecule has 4 aromatic rings. The van der Waals surface area contributed by atoms with Gasteiger partial charge >= 0.3 is 0 Å². The molecule has 2 heterocycles. The Labute approximate surface area is 181 Å². The average Bonchev–Trinajstić information content (AvgIpc) is 3.73. The van der Waals surface area contributed by atoms with E-state index in [0.717, 1.165) is 53.0 Å². The Bertz CT molecular complexity index is 1140. The lowest BCUT2D eigenvalue weighted by Gasteiger charge is -2.17. The fraction of sp³-hybridized carbons (Fsp3) is 0.259. The number of hydrogen-bond donors (Lipinski definition) is 0. The van der Waals surface area contributed by atoms with Crippen LogP contribution < -0.4 is 9.47 Å². The quantitative estimate of drug-likeness (QED) is 0.376. The molecule has 2 atom stereocenters. The van der Waals surface area contributed by atoms with Gasteiger partial charge in [-0.15, -0.1) is 0 Å². The summed E-state index contributed by atoms with van der Waals surface area (Å²) in [7, 11) is 0. The van der Waals surface area contributed by atoms with Gasteiger partial charge in [0.1, 0.15) is 36.9 Å². The van der Waals surface area contributed by atoms with Crippen molar-refractivity contribution in [2.45, 2.75) is 18.6 Å². The van der Waals surface area contributed by atoms with E-state index in [0.29, 0.717) is 13.2 Å². The maximum atomic E-state index is 6.30. The highest BCUT2D eigenvalue weighted by Gasteiger charge is 2.25. The fourth-order valence-corrected chi connectivity index (χ4v) is 4.08. The molecule has 31 heavy (non-hydrogen) atoms. The second-order valence-corrected chi connectivity index (χ2v) is 8.26. The molecule has 0 radical (unpaired) electrons. The van der Waals surface area contributed by atoms with E-state index in [-0.39, 0.29) is 12.2 Å². The predicted octanol–water partition coefficient (Wildman–Crippen LogP) is 5.14. The summed E-state index contributed by atoms with van der Waals surface area (Å²) in [5.74, 6) is 1.89. The second-order valence-electron chi connectivity index (χ2n) is 8.26. The van der Waals surface area contributed by atoms with Crippen LogP contribution in [0.25, 0.3) is 21.5 Å². The van der Waals surface area contributed by atoms with E-state index in [2.05, 4.69) is 72.8 Å². The highest BCUT2D eigenvalue weighted by Crippen LogP contribution is 2.37. The molecule has 0 spiro atoms. The molecular weight excluding hydrogens is 388 g/mol. The summed E-state index contributed by atoms with van der Waals surface area (Å²) in [5.41, 5.74) is 2.31. The Balaban J connectivity index is 1.41. The van der Waals surface area contributed by atoms with Crippen molar-refractivity contribution in [3.63, 3.8) is 0 Å². The fourth-order valence-electron chi connectivity index (χ4n) is 4.08. The Morgan fingerprint density at radius 2 is 1.06 bits per heavy atom. The summed E-state index contributed by atoms with van der Waals surface area (Å²) >= 11 is 0. The molecule has 4 nitrogen and oxygen atoms in total. The monoisotopic (exact) mass is 412 g/mol. The molecule has 0 aliphatic carbocycles. The minimum absolute atomic E-state index is 0.213. The van der Waals surface area contributed by atoms with Crippen molar-refractivity contribution in [3.05, 3.63) is 83.9 Å². The molecule has 156 valence electrons. The van der Waals surface area contributed by atoms with Gasteiger partial charge < -0.3 is 18.9 Å². The molecule has 0 bridgehead atoms. The molecule has 2 fully saturated rings. The molecule has 0 amide bonds. The van der Waals surface area contributed by atoms with E-state index in [1.54, 1.807) is 0 Å². The molecule has 4 heteroatoms. The number of hydrogen-bond acceptors (Lipinski definition) is 4. The average molecular weight is 412 g/mol. The number of epoxide rings is 2. The van der Waals surface area contributed by atoms with Crippen LogP contribution in [0.5, 0.6) is 11.5 Å². The van der Waals surface area contributed by atoms with E-state index < -0.39 is 0 Å². The van der Waals surface area contributed by atoms with E-state index in [4.69, 9.17) is 18.9 Å². The first-order valence-corrected chi connectivity index (χ1v) is 10.9. The number of ether oxygens (including phenoxy) is 4. The van der Waals surface area contributed by atoms with Gasteiger partial charge in [-0.2, -0.15) is 0 Å². The van der Waals surface area contributed by atoms with E-state index in [1.807, 2.05) is 0 Å². The molecule has 0 unspecified atom stereocenters. The SMILES string of the molecule is c1ccc2c(OC[C@@H]3CO3)c(Cc3ccc4ccccc4c3OC[C@H]3CO3)ccc2c1. The molecule has 0 N–H and O–H groups in total. The van der Waals surface area contributed by atoms with Crippen LogP contribution in [0.4, 0.5) is 0 Å². The topological polar surface area (TPSA) is 43.5 Å². The first kappa shape index (κ1) is 18.7. The lowest BCUT2D eigenvalue weighted by atomic mass is 9.96. The van der Waals surface area contributed by atoms with E-state index in [9.17, 15) is 0 Å². The minimum Gasteiger partial charge on any atom is -0.490 e. The van der Waals surface area contributed by atoms with E-state index in [1.165, 1.54) is 10.8 Å². The van der Waals surface area contributed by atoms with Gasteiger partial charge in [0.05, 0.1) is 13.2 Å². The number of benzene rings is 4. The van der Waals surface area contributed by atoms with Crippen LogP contribution in [-0.2, 0) is 15.9 Å². The summed E-state index contributed by atoms with van der Waals surface area (Å²) in [6.45, 7) is 2.74. The maximum Gasteiger partial charge on any atom is 0.130 e. The van der Waals surface area contributed by atoms with Gasteiger partial charge in [-0.3, -0.25) is 0 Å². The summed E-state index contributed by atoms with van der Waals surface area (Å²) < 4.78 is 23.3. The van der Waals surface area contributed by atoms with Gasteiger partial charge in [0, 0.05) is 17.2 Å². The van der Waals surface area contributed by atoms with Gasteiger partial charge in [0.15, 0.2) is 0 Å². The van der Waals surface area contributed by atoms with Crippen LogP contribution in [0.15, 0.2) is 72.8 Å². The highest BCUT2D eigenvalue weighted by molar-refractivity contribution is 5.91. The zero-order chi connectivity index (χ0) is 20.6. The summed E-state index contributed by atoms with van der Waals surface area (Å²) in [6.07, 6.45) is 1.16. The van der Waals surface area contributed by atoms with Crippen LogP contribution in [0.1, 0.15) is 11.1 Å². The first-order chi connectivity index (χ1) is 15.3. The molecule has 2 aliphatic rings. The maximum absolute atomic E-state index is 6.30. The first-order valence-electron chi connectivity index (χ1n) is 10.9. The van der Waals surface area contributed by atoms with Crippen molar-refractivity contribution in [1.29, 1.82) is 0 Å². The molecule has 2 aliphatic heterocycles. The number of fused-ring (bicyclic) bond motifs is 2. The smallest absolute Gasteiger partial charge is 0.130 e. The third-order valence-electron chi connectivity index (χ3n) is 5.94. The molecule has 2 saturated heterocycles. The zero-order valence-electron chi connectivity index (χ0n) is 17.3. The number of rotatable bonds is 8. The molecular formula is C27H24O4. The van der Waals surface area contributed by atoms with Crippen molar-refractivity contribution in [2.75, 3.05) is 26.4 Å². The van der Waals surface area contributed by atoms with Crippen molar-refractivity contribution < 1.29 is 18.9 Å². The van der Waals surface area contributed by atoms with Gasteiger partial charge in [-0.25, -0.2) is 0 Å². The largest absolute Gasteiger partial charge is 0.490 e.